The Bertz CT molecular complexity index is 576. The Labute approximate surface area is 126 Å². The van der Waals surface area contributed by atoms with Gasteiger partial charge in [-0.25, -0.2) is 0 Å². The van der Waals surface area contributed by atoms with E-state index in [2.05, 4.69) is 43.4 Å². The first-order chi connectivity index (χ1) is 10.1. The van der Waals surface area contributed by atoms with Crippen LogP contribution in [0.25, 0.3) is 0 Å². The molecule has 3 heteroatoms. The van der Waals surface area contributed by atoms with Gasteiger partial charge in [0.1, 0.15) is 0 Å². The SMILES string of the molecule is CCOc1cc(CNc2ccc(C(C)C)cc2)ccc1O. The van der Waals surface area contributed by atoms with Crippen molar-refractivity contribution in [3.05, 3.63) is 53.6 Å². The Balaban J connectivity index is 2.00. The molecule has 0 spiro atoms. The minimum atomic E-state index is 0.182. The zero-order valence-electron chi connectivity index (χ0n) is 12.9. The Hall–Kier alpha value is -2.16. The van der Waals surface area contributed by atoms with Crippen molar-refractivity contribution in [2.75, 3.05) is 11.9 Å². The largest absolute Gasteiger partial charge is 0.504 e. The summed E-state index contributed by atoms with van der Waals surface area (Å²) >= 11 is 0. The topological polar surface area (TPSA) is 41.5 Å². The van der Waals surface area contributed by atoms with Gasteiger partial charge in [0.2, 0.25) is 0 Å². The summed E-state index contributed by atoms with van der Waals surface area (Å²) in [5.74, 6) is 1.26. The van der Waals surface area contributed by atoms with Gasteiger partial charge in [-0.1, -0.05) is 32.0 Å². The molecule has 2 aromatic rings. The van der Waals surface area contributed by atoms with Crippen LogP contribution in [0.5, 0.6) is 11.5 Å². The van der Waals surface area contributed by atoms with E-state index in [0.717, 1.165) is 11.3 Å². The second-order valence-corrected chi connectivity index (χ2v) is 5.37. The molecule has 21 heavy (non-hydrogen) atoms. The fourth-order valence-corrected chi connectivity index (χ4v) is 2.13. The number of rotatable bonds is 6. The molecule has 0 aliphatic carbocycles. The number of phenols is 1. The van der Waals surface area contributed by atoms with E-state index in [1.807, 2.05) is 19.1 Å². The molecule has 0 aliphatic rings. The van der Waals surface area contributed by atoms with Gasteiger partial charge in [-0.15, -0.1) is 0 Å². The highest BCUT2D eigenvalue weighted by Crippen LogP contribution is 2.27. The van der Waals surface area contributed by atoms with Gasteiger partial charge in [-0.3, -0.25) is 0 Å². The normalized spacial score (nSPS) is 10.7. The van der Waals surface area contributed by atoms with Crippen LogP contribution in [-0.4, -0.2) is 11.7 Å². The molecule has 0 saturated heterocycles. The van der Waals surface area contributed by atoms with E-state index < -0.39 is 0 Å². The first-order valence-electron chi connectivity index (χ1n) is 7.38. The number of aromatic hydroxyl groups is 1. The van der Waals surface area contributed by atoms with Crippen molar-refractivity contribution < 1.29 is 9.84 Å². The number of phenolic OH excluding ortho intramolecular Hbond substituents is 1. The van der Waals surface area contributed by atoms with Crippen LogP contribution in [0.2, 0.25) is 0 Å². The Morgan fingerprint density at radius 2 is 1.81 bits per heavy atom. The molecule has 0 bridgehead atoms. The van der Waals surface area contributed by atoms with Crippen LogP contribution in [0.1, 0.15) is 37.8 Å². The van der Waals surface area contributed by atoms with E-state index in [0.29, 0.717) is 24.8 Å². The van der Waals surface area contributed by atoms with Crippen molar-refractivity contribution in [1.29, 1.82) is 0 Å². The maximum Gasteiger partial charge on any atom is 0.161 e. The highest BCUT2D eigenvalue weighted by molar-refractivity contribution is 5.47. The Morgan fingerprint density at radius 1 is 1.10 bits per heavy atom. The number of benzene rings is 2. The Morgan fingerprint density at radius 3 is 2.43 bits per heavy atom. The predicted octanol–water partition coefficient (Wildman–Crippen LogP) is 4.53. The number of anilines is 1. The summed E-state index contributed by atoms with van der Waals surface area (Å²) in [7, 11) is 0. The molecule has 0 aromatic heterocycles. The van der Waals surface area contributed by atoms with Gasteiger partial charge in [0.05, 0.1) is 6.61 Å². The zero-order chi connectivity index (χ0) is 15.2. The third-order valence-corrected chi connectivity index (χ3v) is 3.40. The summed E-state index contributed by atoms with van der Waals surface area (Å²) in [6.07, 6.45) is 0. The van der Waals surface area contributed by atoms with Crippen molar-refractivity contribution in [3.63, 3.8) is 0 Å². The number of ether oxygens (including phenoxy) is 1. The zero-order valence-corrected chi connectivity index (χ0v) is 12.9. The molecule has 2 N–H and O–H groups in total. The molecule has 0 aliphatic heterocycles. The molecule has 0 heterocycles. The highest BCUT2D eigenvalue weighted by atomic mass is 16.5. The molecule has 0 saturated carbocycles. The van der Waals surface area contributed by atoms with Crippen LogP contribution in [0.4, 0.5) is 5.69 Å². The fraction of sp³-hybridized carbons (Fsp3) is 0.333. The van der Waals surface area contributed by atoms with Gasteiger partial charge in [0.15, 0.2) is 11.5 Å². The van der Waals surface area contributed by atoms with Gasteiger partial charge in [0, 0.05) is 12.2 Å². The smallest absolute Gasteiger partial charge is 0.161 e. The van der Waals surface area contributed by atoms with E-state index in [9.17, 15) is 5.11 Å². The van der Waals surface area contributed by atoms with Crippen molar-refractivity contribution in [3.8, 4) is 11.5 Å². The lowest BCUT2D eigenvalue weighted by molar-refractivity contribution is 0.318. The molecular weight excluding hydrogens is 262 g/mol. The number of nitrogens with one attached hydrogen (secondary N) is 1. The van der Waals surface area contributed by atoms with Crippen LogP contribution in [0.3, 0.4) is 0 Å². The van der Waals surface area contributed by atoms with E-state index in [1.165, 1.54) is 5.56 Å². The molecule has 112 valence electrons. The molecular formula is C18H23NO2. The minimum absolute atomic E-state index is 0.182. The van der Waals surface area contributed by atoms with Gasteiger partial charge in [-0.05, 0) is 48.2 Å². The quantitative estimate of drug-likeness (QED) is 0.819. The highest BCUT2D eigenvalue weighted by Gasteiger charge is 2.04. The van der Waals surface area contributed by atoms with Crippen molar-refractivity contribution in [2.45, 2.75) is 33.2 Å². The Kier molecular flexibility index (Phi) is 5.09. The molecule has 0 amide bonds. The first kappa shape index (κ1) is 15.2. The molecule has 2 rings (SSSR count). The standard InChI is InChI=1S/C18H23NO2/c1-4-21-18-11-14(5-10-17(18)20)12-19-16-8-6-15(7-9-16)13(2)3/h5-11,13,19-20H,4,12H2,1-3H3. The third-order valence-electron chi connectivity index (χ3n) is 3.40. The van der Waals surface area contributed by atoms with E-state index in [1.54, 1.807) is 6.07 Å². The van der Waals surface area contributed by atoms with Gasteiger partial charge < -0.3 is 15.2 Å². The lowest BCUT2D eigenvalue weighted by Crippen LogP contribution is -2.00. The predicted molar refractivity (Wildman–Crippen MR) is 87.1 cm³/mol. The average Bonchev–Trinajstić information content (AvgIpc) is 2.48. The summed E-state index contributed by atoms with van der Waals surface area (Å²) in [5.41, 5.74) is 3.50. The third kappa shape index (κ3) is 4.15. The fourth-order valence-electron chi connectivity index (χ4n) is 2.13. The van der Waals surface area contributed by atoms with Crippen LogP contribution in [-0.2, 0) is 6.54 Å². The lowest BCUT2D eigenvalue weighted by atomic mass is 10.0. The van der Waals surface area contributed by atoms with Crippen LogP contribution >= 0.6 is 0 Å². The molecule has 2 aromatic carbocycles. The van der Waals surface area contributed by atoms with Crippen molar-refractivity contribution in [1.82, 2.24) is 0 Å². The van der Waals surface area contributed by atoms with Gasteiger partial charge in [0.25, 0.3) is 0 Å². The monoisotopic (exact) mass is 285 g/mol. The minimum Gasteiger partial charge on any atom is -0.504 e. The van der Waals surface area contributed by atoms with E-state index in [-0.39, 0.29) is 5.75 Å². The van der Waals surface area contributed by atoms with E-state index >= 15 is 0 Å². The number of hydrogen-bond acceptors (Lipinski definition) is 3. The molecule has 0 fully saturated rings. The second kappa shape index (κ2) is 7.02. The molecule has 0 radical (unpaired) electrons. The summed E-state index contributed by atoms with van der Waals surface area (Å²) in [5, 5.41) is 13.1. The average molecular weight is 285 g/mol. The van der Waals surface area contributed by atoms with Gasteiger partial charge >= 0.3 is 0 Å². The maximum absolute atomic E-state index is 9.69. The number of hydrogen-bond donors (Lipinski definition) is 2. The van der Waals surface area contributed by atoms with Crippen LogP contribution < -0.4 is 10.1 Å². The van der Waals surface area contributed by atoms with Gasteiger partial charge in [-0.2, -0.15) is 0 Å². The summed E-state index contributed by atoms with van der Waals surface area (Å²) in [4.78, 5) is 0. The molecule has 0 atom stereocenters. The van der Waals surface area contributed by atoms with Crippen molar-refractivity contribution >= 4 is 5.69 Å². The summed E-state index contributed by atoms with van der Waals surface area (Å²) in [6, 6.07) is 13.9. The first-order valence-corrected chi connectivity index (χ1v) is 7.38. The van der Waals surface area contributed by atoms with Crippen LogP contribution in [0, 0.1) is 0 Å². The second-order valence-electron chi connectivity index (χ2n) is 5.37. The maximum atomic E-state index is 9.69. The van der Waals surface area contributed by atoms with E-state index in [4.69, 9.17) is 4.74 Å². The lowest BCUT2D eigenvalue weighted by Gasteiger charge is -2.11. The molecule has 3 nitrogen and oxygen atoms in total. The van der Waals surface area contributed by atoms with Crippen LogP contribution in [0.15, 0.2) is 42.5 Å². The van der Waals surface area contributed by atoms with Crippen molar-refractivity contribution in [2.24, 2.45) is 0 Å². The summed E-state index contributed by atoms with van der Waals surface area (Å²) in [6.45, 7) is 7.52. The molecule has 0 unspecified atom stereocenters. The summed E-state index contributed by atoms with van der Waals surface area (Å²) < 4.78 is 5.39.